The van der Waals surface area contributed by atoms with E-state index >= 15 is 0 Å². The first-order chi connectivity index (χ1) is 10.1. The number of piperidine rings is 1. The van der Waals surface area contributed by atoms with Crippen LogP contribution in [0.15, 0.2) is 24.3 Å². The minimum Gasteiger partial charge on any atom is -0.490 e. The molecule has 0 radical (unpaired) electrons. The van der Waals surface area contributed by atoms with Crippen molar-refractivity contribution in [2.75, 3.05) is 13.1 Å². The van der Waals surface area contributed by atoms with Gasteiger partial charge >= 0.3 is 0 Å². The number of hydrogen-bond donors (Lipinski definition) is 1. The van der Waals surface area contributed by atoms with Gasteiger partial charge in [-0.3, -0.25) is 4.79 Å². The van der Waals surface area contributed by atoms with Gasteiger partial charge in [-0.05, 0) is 25.5 Å². The first-order valence-electron chi connectivity index (χ1n) is 7.88. The first-order valence-corrected chi connectivity index (χ1v) is 7.88. The topological polar surface area (TPSA) is 55.6 Å². The highest BCUT2D eigenvalue weighted by atomic mass is 16.5. The van der Waals surface area contributed by atoms with Gasteiger partial charge in [0.1, 0.15) is 11.9 Å². The van der Waals surface area contributed by atoms with Crippen molar-refractivity contribution in [3.05, 3.63) is 29.8 Å². The Kier molecular flexibility index (Phi) is 5.62. The predicted octanol–water partition coefficient (Wildman–Crippen LogP) is 2.49. The van der Waals surface area contributed by atoms with E-state index in [1.165, 1.54) is 5.56 Å². The molecule has 1 aliphatic heterocycles. The molecular formula is C17H26N2O2. The van der Waals surface area contributed by atoms with Crippen molar-refractivity contribution in [2.24, 2.45) is 5.73 Å². The molecule has 0 aliphatic carbocycles. The van der Waals surface area contributed by atoms with Gasteiger partial charge in [0.2, 0.25) is 5.91 Å². The molecule has 1 unspecified atom stereocenters. The molecule has 0 aromatic heterocycles. The second-order valence-corrected chi connectivity index (χ2v) is 5.85. The van der Waals surface area contributed by atoms with Gasteiger partial charge in [-0.15, -0.1) is 0 Å². The van der Waals surface area contributed by atoms with E-state index in [-0.39, 0.29) is 18.1 Å². The third-order valence-corrected chi connectivity index (χ3v) is 3.99. The second-order valence-electron chi connectivity index (χ2n) is 5.85. The number of nitrogens with zero attached hydrogens (tertiary/aromatic N) is 1. The summed E-state index contributed by atoms with van der Waals surface area (Å²) < 4.78 is 5.98. The number of amides is 1. The molecule has 1 atom stereocenters. The average molecular weight is 290 g/mol. The van der Waals surface area contributed by atoms with Gasteiger partial charge in [0.15, 0.2) is 0 Å². The maximum atomic E-state index is 12.2. The summed E-state index contributed by atoms with van der Waals surface area (Å²) in [4.78, 5) is 14.0. The smallest absolute Gasteiger partial charge is 0.239 e. The fourth-order valence-corrected chi connectivity index (χ4v) is 2.67. The third kappa shape index (κ3) is 4.46. The van der Waals surface area contributed by atoms with E-state index in [1.807, 2.05) is 17.0 Å². The highest BCUT2D eigenvalue weighted by Gasteiger charge is 2.26. The Bertz CT molecular complexity index is 450. The number of carbonyl (C=O) groups is 1. The van der Waals surface area contributed by atoms with Crippen LogP contribution in [0.1, 0.15) is 38.2 Å². The summed E-state index contributed by atoms with van der Waals surface area (Å²) >= 11 is 0. The average Bonchev–Trinajstić information content (AvgIpc) is 2.50. The molecule has 0 bridgehead atoms. The highest BCUT2D eigenvalue weighted by Crippen LogP contribution is 2.20. The zero-order valence-corrected chi connectivity index (χ0v) is 13.0. The lowest BCUT2D eigenvalue weighted by molar-refractivity contribution is -0.134. The van der Waals surface area contributed by atoms with E-state index < -0.39 is 0 Å². The van der Waals surface area contributed by atoms with Crippen LogP contribution in [-0.4, -0.2) is 36.0 Å². The quantitative estimate of drug-likeness (QED) is 0.906. The van der Waals surface area contributed by atoms with Crippen LogP contribution in [0.25, 0.3) is 0 Å². The van der Waals surface area contributed by atoms with Gasteiger partial charge in [-0.1, -0.05) is 31.0 Å². The van der Waals surface area contributed by atoms with Crippen LogP contribution in [-0.2, 0) is 4.79 Å². The maximum Gasteiger partial charge on any atom is 0.239 e. The van der Waals surface area contributed by atoms with Gasteiger partial charge in [-0.2, -0.15) is 0 Å². The van der Waals surface area contributed by atoms with Crippen LogP contribution >= 0.6 is 0 Å². The van der Waals surface area contributed by atoms with Crippen molar-refractivity contribution in [3.63, 3.8) is 0 Å². The monoisotopic (exact) mass is 290 g/mol. The molecule has 1 fully saturated rings. The van der Waals surface area contributed by atoms with E-state index in [9.17, 15) is 4.79 Å². The second kappa shape index (κ2) is 7.46. The van der Waals surface area contributed by atoms with Crippen LogP contribution < -0.4 is 10.5 Å². The Morgan fingerprint density at radius 3 is 2.52 bits per heavy atom. The van der Waals surface area contributed by atoms with Crippen LogP contribution in [0, 0.1) is 6.92 Å². The van der Waals surface area contributed by atoms with Crippen molar-refractivity contribution in [2.45, 2.75) is 51.7 Å². The van der Waals surface area contributed by atoms with Gasteiger partial charge in [-0.25, -0.2) is 0 Å². The van der Waals surface area contributed by atoms with Crippen LogP contribution in [0.4, 0.5) is 0 Å². The summed E-state index contributed by atoms with van der Waals surface area (Å²) in [7, 11) is 0. The van der Waals surface area contributed by atoms with E-state index in [1.54, 1.807) is 0 Å². The molecular weight excluding hydrogens is 264 g/mol. The standard InChI is InChI=1S/C17H26N2O2/c1-3-4-16(18)17(20)19-11-9-15(10-12-19)21-14-7-5-13(2)6-8-14/h5-8,15-16H,3-4,9-12,18H2,1-2H3. The molecule has 1 amide bonds. The largest absolute Gasteiger partial charge is 0.490 e. The van der Waals surface area contributed by atoms with Gasteiger partial charge in [0.25, 0.3) is 0 Å². The van der Waals surface area contributed by atoms with Crippen molar-refractivity contribution >= 4 is 5.91 Å². The molecule has 0 saturated carbocycles. The normalized spacial score (nSPS) is 17.6. The molecule has 0 spiro atoms. The Balaban J connectivity index is 1.80. The summed E-state index contributed by atoms with van der Waals surface area (Å²) in [5.41, 5.74) is 7.14. The number of nitrogens with two attached hydrogens (primary N) is 1. The lowest BCUT2D eigenvalue weighted by atomic mass is 10.1. The van der Waals surface area contributed by atoms with Crippen molar-refractivity contribution in [1.82, 2.24) is 4.90 Å². The van der Waals surface area contributed by atoms with Crippen molar-refractivity contribution in [3.8, 4) is 5.75 Å². The Morgan fingerprint density at radius 2 is 1.95 bits per heavy atom. The number of rotatable bonds is 5. The van der Waals surface area contributed by atoms with E-state index in [4.69, 9.17) is 10.5 Å². The summed E-state index contributed by atoms with van der Waals surface area (Å²) in [6.07, 6.45) is 3.65. The summed E-state index contributed by atoms with van der Waals surface area (Å²) in [5.74, 6) is 0.999. The SMILES string of the molecule is CCCC(N)C(=O)N1CCC(Oc2ccc(C)cc2)CC1. The Labute approximate surface area is 127 Å². The van der Waals surface area contributed by atoms with Gasteiger partial charge in [0, 0.05) is 25.9 Å². The minimum atomic E-state index is -0.343. The molecule has 2 rings (SSSR count). The molecule has 116 valence electrons. The molecule has 1 aliphatic rings. The number of hydrogen-bond acceptors (Lipinski definition) is 3. The lowest BCUT2D eigenvalue weighted by Crippen LogP contribution is -2.48. The van der Waals surface area contributed by atoms with Crippen molar-refractivity contribution in [1.29, 1.82) is 0 Å². The predicted molar refractivity (Wildman–Crippen MR) is 84.3 cm³/mol. The minimum absolute atomic E-state index is 0.0886. The number of likely N-dealkylation sites (tertiary alicyclic amines) is 1. The summed E-state index contributed by atoms with van der Waals surface area (Å²) in [5, 5.41) is 0. The number of carbonyl (C=O) groups excluding carboxylic acids is 1. The molecule has 1 heterocycles. The van der Waals surface area contributed by atoms with Crippen LogP contribution in [0.2, 0.25) is 0 Å². The van der Waals surface area contributed by atoms with Crippen LogP contribution in [0.5, 0.6) is 5.75 Å². The third-order valence-electron chi connectivity index (χ3n) is 3.99. The molecule has 2 N–H and O–H groups in total. The van der Waals surface area contributed by atoms with Gasteiger partial charge in [0.05, 0.1) is 6.04 Å². The lowest BCUT2D eigenvalue weighted by Gasteiger charge is -2.33. The first kappa shape index (κ1) is 15.8. The fourth-order valence-electron chi connectivity index (χ4n) is 2.67. The van der Waals surface area contributed by atoms with E-state index in [0.717, 1.165) is 44.5 Å². The number of ether oxygens (including phenoxy) is 1. The number of benzene rings is 1. The van der Waals surface area contributed by atoms with E-state index in [2.05, 4.69) is 26.0 Å². The maximum absolute atomic E-state index is 12.2. The molecule has 1 aromatic rings. The fraction of sp³-hybridized carbons (Fsp3) is 0.588. The summed E-state index contributed by atoms with van der Waals surface area (Å²) in [6.45, 7) is 5.60. The van der Waals surface area contributed by atoms with Crippen LogP contribution in [0.3, 0.4) is 0 Å². The van der Waals surface area contributed by atoms with Gasteiger partial charge < -0.3 is 15.4 Å². The number of aryl methyl sites for hydroxylation is 1. The molecule has 21 heavy (non-hydrogen) atoms. The zero-order valence-electron chi connectivity index (χ0n) is 13.0. The highest BCUT2D eigenvalue weighted by molar-refractivity contribution is 5.81. The van der Waals surface area contributed by atoms with E-state index in [0.29, 0.717) is 0 Å². The Hall–Kier alpha value is -1.55. The molecule has 1 aromatic carbocycles. The molecule has 4 nitrogen and oxygen atoms in total. The van der Waals surface area contributed by atoms with Crippen molar-refractivity contribution < 1.29 is 9.53 Å². The Morgan fingerprint density at radius 1 is 1.33 bits per heavy atom. The summed E-state index contributed by atoms with van der Waals surface area (Å²) in [6, 6.07) is 7.77. The molecule has 1 saturated heterocycles. The molecule has 4 heteroatoms. The zero-order chi connectivity index (χ0) is 15.2.